The molecule has 0 radical (unpaired) electrons. The van der Waals surface area contributed by atoms with Gasteiger partial charge in [0.15, 0.2) is 0 Å². The van der Waals surface area contributed by atoms with Crippen LogP contribution < -0.4 is 15.4 Å². The molecule has 2 aromatic rings. The Bertz CT molecular complexity index is 1090. The van der Waals surface area contributed by atoms with Crippen molar-refractivity contribution in [2.75, 3.05) is 19.8 Å². The van der Waals surface area contributed by atoms with E-state index in [9.17, 15) is 18.7 Å². The average molecular weight is 518 g/mol. The maximum absolute atomic E-state index is 13.7. The van der Waals surface area contributed by atoms with Gasteiger partial charge in [0, 0.05) is 50.2 Å². The van der Waals surface area contributed by atoms with E-state index < -0.39 is 29.4 Å². The van der Waals surface area contributed by atoms with Crippen LogP contribution in [0.1, 0.15) is 63.3 Å². The molecule has 3 heterocycles. The van der Waals surface area contributed by atoms with Gasteiger partial charge in [-0.25, -0.2) is 13.8 Å². The predicted molar refractivity (Wildman–Crippen MR) is 135 cm³/mol. The number of nitrogens with zero attached hydrogens (tertiary/aromatic N) is 1. The van der Waals surface area contributed by atoms with Gasteiger partial charge < -0.3 is 25.2 Å². The van der Waals surface area contributed by atoms with E-state index in [-0.39, 0.29) is 30.3 Å². The number of pyridine rings is 1. The molecule has 1 amide bonds. The summed E-state index contributed by atoms with van der Waals surface area (Å²) in [5.74, 6) is -1.18. The molecule has 0 aliphatic carbocycles. The zero-order valence-electron chi connectivity index (χ0n) is 21.9. The van der Waals surface area contributed by atoms with Gasteiger partial charge in [-0.3, -0.25) is 4.79 Å². The molecule has 202 valence electrons. The van der Waals surface area contributed by atoms with Crippen LogP contribution in [0.5, 0.6) is 5.88 Å². The lowest BCUT2D eigenvalue weighted by Crippen LogP contribution is -2.50. The number of fused-ring (bicyclic) bond motifs is 1. The Kier molecular flexibility index (Phi) is 8.16. The van der Waals surface area contributed by atoms with Crippen molar-refractivity contribution in [3.8, 4) is 5.88 Å². The van der Waals surface area contributed by atoms with E-state index in [1.807, 2.05) is 6.20 Å². The van der Waals surface area contributed by atoms with Gasteiger partial charge in [0.05, 0.1) is 25.4 Å². The number of carbonyl (C=O) groups excluding carboxylic acids is 1. The van der Waals surface area contributed by atoms with Crippen molar-refractivity contribution in [3.63, 3.8) is 0 Å². The van der Waals surface area contributed by atoms with Crippen molar-refractivity contribution in [2.24, 2.45) is 5.41 Å². The lowest BCUT2D eigenvalue weighted by molar-refractivity contribution is -0.120. The fourth-order valence-corrected chi connectivity index (χ4v) is 5.23. The van der Waals surface area contributed by atoms with Gasteiger partial charge in [-0.1, -0.05) is 20.8 Å². The molecule has 1 spiro atoms. The van der Waals surface area contributed by atoms with Crippen LogP contribution >= 0.6 is 0 Å². The fraction of sp³-hybridized carbons (Fsp3) is 0.571. The van der Waals surface area contributed by atoms with Crippen LogP contribution in [0.25, 0.3) is 0 Å². The maximum atomic E-state index is 13.7. The highest BCUT2D eigenvalue weighted by Gasteiger charge is 2.45. The second-order valence-corrected chi connectivity index (χ2v) is 11.6. The highest BCUT2D eigenvalue weighted by molar-refractivity contribution is 5.73. The molecule has 37 heavy (non-hydrogen) atoms. The Morgan fingerprint density at radius 1 is 1.22 bits per heavy atom. The quantitative estimate of drug-likeness (QED) is 0.495. The van der Waals surface area contributed by atoms with Crippen LogP contribution in [0.3, 0.4) is 0 Å². The van der Waals surface area contributed by atoms with E-state index in [2.05, 4.69) is 42.5 Å². The molecule has 2 aliphatic rings. The number of aliphatic hydroxyl groups excluding tert-OH is 1. The minimum atomic E-state index is -1.01. The third-order valence-electron chi connectivity index (χ3n) is 6.81. The van der Waals surface area contributed by atoms with E-state index in [1.54, 1.807) is 0 Å². The van der Waals surface area contributed by atoms with Gasteiger partial charge >= 0.3 is 0 Å². The Balaban J connectivity index is 1.53. The fourth-order valence-electron chi connectivity index (χ4n) is 5.23. The van der Waals surface area contributed by atoms with E-state index in [0.29, 0.717) is 31.1 Å². The third kappa shape index (κ3) is 7.24. The molecule has 1 fully saturated rings. The molecular weight excluding hydrogens is 480 g/mol. The molecule has 4 rings (SSSR count). The lowest BCUT2D eigenvalue weighted by atomic mass is 9.85. The summed E-state index contributed by atoms with van der Waals surface area (Å²) >= 11 is 0. The number of nitrogens with one attached hydrogen (secondary N) is 2. The van der Waals surface area contributed by atoms with E-state index in [4.69, 9.17) is 9.47 Å². The summed E-state index contributed by atoms with van der Waals surface area (Å²) in [5, 5.41) is 17.2. The highest BCUT2D eigenvalue weighted by atomic mass is 19.1. The summed E-state index contributed by atoms with van der Waals surface area (Å²) in [7, 11) is 0. The predicted octanol–water partition coefficient (Wildman–Crippen LogP) is 3.63. The second-order valence-electron chi connectivity index (χ2n) is 11.6. The minimum Gasteiger partial charge on any atom is -0.468 e. The van der Waals surface area contributed by atoms with Gasteiger partial charge in [-0.05, 0) is 47.6 Å². The summed E-state index contributed by atoms with van der Waals surface area (Å²) in [6, 6.07) is 4.43. The summed E-state index contributed by atoms with van der Waals surface area (Å²) in [6.45, 7) is 9.10. The van der Waals surface area contributed by atoms with Crippen molar-refractivity contribution in [2.45, 2.75) is 77.2 Å². The normalized spacial score (nSPS) is 22.8. The molecule has 1 aromatic carbocycles. The summed E-state index contributed by atoms with van der Waals surface area (Å²) < 4.78 is 39.4. The van der Waals surface area contributed by atoms with E-state index >= 15 is 0 Å². The number of aliphatic hydroxyl groups is 1. The number of hydrogen-bond acceptors (Lipinski definition) is 6. The van der Waals surface area contributed by atoms with Crippen LogP contribution in [0.15, 0.2) is 30.5 Å². The molecule has 3 N–H and O–H groups in total. The Hall–Kier alpha value is -2.62. The van der Waals surface area contributed by atoms with Crippen LogP contribution in [0, 0.1) is 17.0 Å². The average Bonchev–Trinajstić information content (AvgIpc) is 3.22. The molecular formula is C28H37F2N3O4. The van der Waals surface area contributed by atoms with Gasteiger partial charge in [-0.15, -0.1) is 0 Å². The van der Waals surface area contributed by atoms with Crippen LogP contribution in [0.2, 0.25) is 0 Å². The van der Waals surface area contributed by atoms with Crippen LogP contribution in [0.4, 0.5) is 8.78 Å². The lowest BCUT2D eigenvalue weighted by Gasteiger charge is -2.39. The standard InChI is InChI=1S/C28H37F2N3O4/c1-17(34)33-23(10-18-7-20(29)11-21(30)8-18)25(35)15-31-24-13-28(5-6-36-16-28)37-26-22(24)9-19(14-32-26)12-27(2,3)4/h7-9,11,14,23-25,31,35H,5-6,10,12-13,15-16H2,1-4H3,(H,33,34)/t23-,24+,25+,28-/m0/s1. The van der Waals surface area contributed by atoms with Crippen molar-refractivity contribution in [1.82, 2.24) is 15.6 Å². The van der Waals surface area contributed by atoms with E-state index in [0.717, 1.165) is 30.0 Å². The van der Waals surface area contributed by atoms with Crippen LogP contribution in [-0.2, 0) is 22.4 Å². The Labute approximate surface area is 217 Å². The number of hydrogen-bond donors (Lipinski definition) is 3. The van der Waals surface area contributed by atoms with Gasteiger partial charge in [-0.2, -0.15) is 0 Å². The maximum Gasteiger partial charge on any atom is 0.218 e. The SMILES string of the molecule is CC(=O)N[C@@H](Cc1cc(F)cc(F)c1)[C@H](O)CN[C@@H]1C[C@]2(CCOC2)Oc2ncc(CC(C)(C)C)cc21. The number of benzene rings is 1. The first-order valence-electron chi connectivity index (χ1n) is 12.8. The number of rotatable bonds is 8. The van der Waals surface area contributed by atoms with Crippen molar-refractivity contribution < 1.29 is 28.2 Å². The summed E-state index contributed by atoms with van der Waals surface area (Å²) in [6.07, 6.45) is 3.17. The first-order valence-corrected chi connectivity index (χ1v) is 12.8. The molecule has 2 aliphatic heterocycles. The first-order chi connectivity index (χ1) is 17.4. The van der Waals surface area contributed by atoms with Crippen molar-refractivity contribution in [1.29, 1.82) is 0 Å². The Morgan fingerprint density at radius 3 is 2.57 bits per heavy atom. The number of ether oxygens (including phenoxy) is 2. The number of amides is 1. The van der Waals surface area contributed by atoms with Crippen LogP contribution in [-0.4, -0.2) is 53.5 Å². The zero-order chi connectivity index (χ0) is 26.8. The topological polar surface area (TPSA) is 92.7 Å². The van der Waals surface area contributed by atoms with E-state index in [1.165, 1.54) is 19.1 Å². The first kappa shape index (κ1) is 27.4. The number of carbonyl (C=O) groups is 1. The molecule has 0 unspecified atom stereocenters. The molecule has 4 atom stereocenters. The van der Waals surface area contributed by atoms with Gasteiger partial charge in [0.2, 0.25) is 11.8 Å². The molecule has 7 nitrogen and oxygen atoms in total. The highest BCUT2D eigenvalue weighted by Crippen LogP contribution is 2.42. The number of aromatic nitrogens is 1. The molecule has 9 heteroatoms. The van der Waals surface area contributed by atoms with Crippen molar-refractivity contribution in [3.05, 3.63) is 58.8 Å². The minimum absolute atomic E-state index is 0.0799. The Morgan fingerprint density at radius 2 is 1.95 bits per heavy atom. The largest absolute Gasteiger partial charge is 0.468 e. The third-order valence-corrected chi connectivity index (χ3v) is 6.81. The van der Waals surface area contributed by atoms with Gasteiger partial charge in [0.25, 0.3) is 0 Å². The summed E-state index contributed by atoms with van der Waals surface area (Å²) in [5.41, 5.74) is 1.99. The smallest absolute Gasteiger partial charge is 0.218 e. The summed E-state index contributed by atoms with van der Waals surface area (Å²) in [4.78, 5) is 16.5. The zero-order valence-corrected chi connectivity index (χ0v) is 21.9. The molecule has 0 saturated carbocycles. The van der Waals surface area contributed by atoms with Crippen molar-refractivity contribution >= 4 is 5.91 Å². The number of halogens is 2. The molecule has 1 aromatic heterocycles. The molecule has 0 bridgehead atoms. The second kappa shape index (κ2) is 11.0. The van der Waals surface area contributed by atoms with Gasteiger partial charge in [0.1, 0.15) is 17.2 Å². The monoisotopic (exact) mass is 517 g/mol. The molecule has 1 saturated heterocycles.